The van der Waals surface area contributed by atoms with Gasteiger partial charge in [-0.25, -0.2) is 14.2 Å². The summed E-state index contributed by atoms with van der Waals surface area (Å²) in [4.78, 5) is 31.2. The van der Waals surface area contributed by atoms with E-state index in [9.17, 15) is 14.0 Å². The third-order valence-electron chi connectivity index (χ3n) is 4.38. The Kier molecular flexibility index (Phi) is 9.08. The number of esters is 1. The van der Waals surface area contributed by atoms with Gasteiger partial charge in [-0.15, -0.1) is 0 Å². The highest BCUT2D eigenvalue weighted by Gasteiger charge is 2.09. The lowest BCUT2D eigenvalue weighted by atomic mass is 10.2. The second-order valence-corrected chi connectivity index (χ2v) is 6.93. The van der Waals surface area contributed by atoms with Gasteiger partial charge < -0.3 is 30.2 Å². The van der Waals surface area contributed by atoms with Crippen LogP contribution in [0.2, 0.25) is 0 Å². The predicted molar refractivity (Wildman–Crippen MR) is 129 cm³/mol. The molecule has 0 atom stereocenters. The van der Waals surface area contributed by atoms with Gasteiger partial charge in [-0.1, -0.05) is 6.07 Å². The van der Waals surface area contributed by atoms with Crippen molar-refractivity contribution in [3.63, 3.8) is 0 Å². The molecule has 3 rings (SSSR count). The summed E-state index contributed by atoms with van der Waals surface area (Å²) in [5.74, 6) is -1.03. The molecule has 1 amide bonds. The largest absolute Gasteiger partial charge is 0.491 e. The van der Waals surface area contributed by atoms with Crippen LogP contribution >= 0.6 is 0 Å². The van der Waals surface area contributed by atoms with Crippen molar-refractivity contribution in [3.8, 4) is 5.75 Å². The SMILES string of the molecule is COCCOc1ccc(Nc2ncc(F)c(Nc3cccc(NC(=O)/C=C/C(=O)OC)c3)n2)cc1. The Hall–Kier alpha value is -4.51. The fraction of sp³-hybridized carbons (Fsp3) is 0.167. The summed E-state index contributed by atoms with van der Waals surface area (Å²) in [6.07, 6.45) is 3.10. The van der Waals surface area contributed by atoms with E-state index >= 15 is 0 Å². The highest BCUT2D eigenvalue weighted by molar-refractivity contribution is 6.02. The van der Waals surface area contributed by atoms with Crippen LogP contribution in [0.25, 0.3) is 0 Å². The first-order chi connectivity index (χ1) is 17.0. The number of benzene rings is 2. The van der Waals surface area contributed by atoms with Crippen LogP contribution in [-0.4, -0.2) is 49.3 Å². The summed E-state index contributed by atoms with van der Waals surface area (Å²) < 4.78 is 29.3. The van der Waals surface area contributed by atoms with Crippen molar-refractivity contribution in [1.29, 1.82) is 0 Å². The van der Waals surface area contributed by atoms with E-state index in [2.05, 4.69) is 30.7 Å². The summed E-state index contributed by atoms with van der Waals surface area (Å²) in [5.41, 5.74) is 1.59. The molecular formula is C24H24FN5O5. The van der Waals surface area contributed by atoms with Crippen molar-refractivity contribution >= 4 is 40.7 Å². The third kappa shape index (κ3) is 8.09. The van der Waals surface area contributed by atoms with E-state index in [0.717, 1.165) is 18.3 Å². The zero-order chi connectivity index (χ0) is 25.0. The van der Waals surface area contributed by atoms with Crippen molar-refractivity contribution < 1.29 is 28.2 Å². The molecule has 0 fully saturated rings. The van der Waals surface area contributed by atoms with Gasteiger partial charge in [0.15, 0.2) is 11.6 Å². The molecule has 0 unspecified atom stereocenters. The number of carbonyl (C=O) groups is 2. The zero-order valence-corrected chi connectivity index (χ0v) is 19.1. The second kappa shape index (κ2) is 12.7. The summed E-state index contributed by atoms with van der Waals surface area (Å²) in [5, 5.41) is 8.47. The molecule has 10 nitrogen and oxygen atoms in total. The molecule has 3 aromatic rings. The molecule has 0 radical (unpaired) electrons. The average Bonchev–Trinajstić information content (AvgIpc) is 2.86. The number of aromatic nitrogens is 2. The van der Waals surface area contributed by atoms with E-state index in [1.165, 1.54) is 7.11 Å². The Labute approximate surface area is 201 Å². The number of methoxy groups -OCH3 is 2. The van der Waals surface area contributed by atoms with Gasteiger partial charge in [-0.05, 0) is 42.5 Å². The molecule has 3 N–H and O–H groups in total. The molecule has 0 spiro atoms. The maximum absolute atomic E-state index is 14.4. The summed E-state index contributed by atoms with van der Waals surface area (Å²) >= 11 is 0. The van der Waals surface area contributed by atoms with E-state index in [4.69, 9.17) is 9.47 Å². The van der Waals surface area contributed by atoms with Gasteiger partial charge in [0.25, 0.3) is 0 Å². The van der Waals surface area contributed by atoms with E-state index < -0.39 is 17.7 Å². The maximum Gasteiger partial charge on any atom is 0.330 e. The molecule has 0 aliphatic rings. The molecule has 0 saturated carbocycles. The van der Waals surface area contributed by atoms with Gasteiger partial charge in [-0.2, -0.15) is 4.98 Å². The first-order valence-electron chi connectivity index (χ1n) is 10.4. The van der Waals surface area contributed by atoms with Gasteiger partial charge in [0.2, 0.25) is 11.9 Å². The van der Waals surface area contributed by atoms with Crippen molar-refractivity contribution in [2.75, 3.05) is 43.4 Å². The highest BCUT2D eigenvalue weighted by Crippen LogP contribution is 2.23. The van der Waals surface area contributed by atoms with Crippen molar-refractivity contribution in [3.05, 3.63) is 72.7 Å². The number of amides is 1. The first-order valence-corrected chi connectivity index (χ1v) is 10.4. The van der Waals surface area contributed by atoms with E-state index in [0.29, 0.717) is 36.0 Å². The molecule has 35 heavy (non-hydrogen) atoms. The van der Waals surface area contributed by atoms with Crippen molar-refractivity contribution in [2.24, 2.45) is 0 Å². The molecule has 182 valence electrons. The molecule has 0 saturated heterocycles. The standard InChI is InChI=1S/C24H24FN5O5/c1-33-12-13-35-19-8-6-16(7-9-19)29-24-26-15-20(25)23(30-24)28-18-5-3-4-17(14-18)27-21(31)10-11-22(32)34-2/h3-11,14-15H,12-13H2,1-2H3,(H,27,31)(H2,26,28,29,30)/b11-10+. The number of hydrogen-bond donors (Lipinski definition) is 3. The number of anilines is 5. The van der Waals surface area contributed by atoms with Crippen LogP contribution in [0, 0.1) is 5.82 Å². The number of rotatable bonds is 11. The fourth-order valence-corrected chi connectivity index (χ4v) is 2.73. The molecular weight excluding hydrogens is 457 g/mol. The van der Waals surface area contributed by atoms with Crippen LogP contribution in [-0.2, 0) is 19.1 Å². The topological polar surface area (TPSA) is 124 Å². The Morgan fingerprint density at radius 1 is 0.971 bits per heavy atom. The Bertz CT molecular complexity index is 1190. The maximum atomic E-state index is 14.4. The van der Waals surface area contributed by atoms with Crippen LogP contribution in [0.15, 0.2) is 66.9 Å². The average molecular weight is 481 g/mol. The minimum absolute atomic E-state index is 0.0592. The van der Waals surface area contributed by atoms with E-state index in [1.807, 2.05) is 0 Å². The lowest BCUT2D eigenvalue weighted by Gasteiger charge is -2.11. The summed E-state index contributed by atoms with van der Waals surface area (Å²) in [6, 6.07) is 13.7. The molecule has 1 aromatic heterocycles. The molecule has 1 heterocycles. The Balaban J connectivity index is 1.65. The molecule has 0 bridgehead atoms. The minimum Gasteiger partial charge on any atom is -0.491 e. The smallest absolute Gasteiger partial charge is 0.330 e. The normalized spacial score (nSPS) is 10.6. The minimum atomic E-state index is -0.659. The number of ether oxygens (including phenoxy) is 3. The van der Waals surface area contributed by atoms with Crippen LogP contribution in [0.4, 0.5) is 33.2 Å². The van der Waals surface area contributed by atoms with E-state index in [-0.39, 0.29) is 11.8 Å². The number of nitrogens with zero attached hydrogens (tertiary/aromatic N) is 2. The zero-order valence-electron chi connectivity index (χ0n) is 19.1. The van der Waals surface area contributed by atoms with Crippen molar-refractivity contribution in [1.82, 2.24) is 9.97 Å². The number of hydrogen-bond acceptors (Lipinski definition) is 9. The second-order valence-electron chi connectivity index (χ2n) is 6.93. The number of nitrogens with one attached hydrogen (secondary N) is 3. The highest BCUT2D eigenvalue weighted by atomic mass is 19.1. The Morgan fingerprint density at radius 2 is 1.74 bits per heavy atom. The lowest BCUT2D eigenvalue weighted by molar-refractivity contribution is -0.135. The Morgan fingerprint density at radius 3 is 2.49 bits per heavy atom. The first kappa shape index (κ1) is 25.1. The monoisotopic (exact) mass is 481 g/mol. The van der Waals surface area contributed by atoms with Crippen LogP contribution in [0.5, 0.6) is 5.75 Å². The molecule has 11 heteroatoms. The van der Waals surface area contributed by atoms with Gasteiger partial charge in [0, 0.05) is 36.3 Å². The van der Waals surface area contributed by atoms with Crippen LogP contribution in [0.3, 0.4) is 0 Å². The summed E-state index contributed by atoms with van der Waals surface area (Å²) in [6.45, 7) is 0.926. The molecule has 0 aliphatic carbocycles. The number of halogens is 1. The van der Waals surface area contributed by atoms with Gasteiger partial charge >= 0.3 is 5.97 Å². The van der Waals surface area contributed by atoms with Crippen LogP contribution < -0.4 is 20.7 Å². The lowest BCUT2D eigenvalue weighted by Crippen LogP contribution is -2.09. The van der Waals surface area contributed by atoms with Gasteiger partial charge in [-0.3, -0.25) is 4.79 Å². The van der Waals surface area contributed by atoms with Gasteiger partial charge in [0.1, 0.15) is 12.4 Å². The quantitative estimate of drug-likeness (QED) is 0.213. The molecule has 2 aromatic carbocycles. The number of carbonyl (C=O) groups excluding carboxylic acids is 2. The molecule has 0 aliphatic heterocycles. The summed E-state index contributed by atoms with van der Waals surface area (Å²) in [7, 11) is 2.81. The van der Waals surface area contributed by atoms with E-state index in [1.54, 1.807) is 55.6 Å². The van der Waals surface area contributed by atoms with Crippen molar-refractivity contribution in [2.45, 2.75) is 0 Å². The predicted octanol–water partition coefficient (Wildman–Crippen LogP) is 3.80. The fourth-order valence-electron chi connectivity index (χ4n) is 2.73. The van der Waals surface area contributed by atoms with Crippen LogP contribution in [0.1, 0.15) is 0 Å². The third-order valence-corrected chi connectivity index (χ3v) is 4.38. The van der Waals surface area contributed by atoms with Gasteiger partial charge in [0.05, 0.1) is 19.9 Å².